The van der Waals surface area contributed by atoms with Gasteiger partial charge in [0, 0.05) is 44.5 Å². The van der Waals surface area contributed by atoms with Crippen molar-refractivity contribution in [3.63, 3.8) is 0 Å². The smallest absolute Gasteiger partial charge is 0.194 e. The first-order chi connectivity index (χ1) is 14.3. The fraction of sp³-hybridized carbons (Fsp3) is 0.333. The molecule has 0 spiro atoms. The molecular weight excluding hydrogens is 358 g/mol. The Morgan fingerprint density at radius 1 is 1.14 bits per heavy atom. The van der Waals surface area contributed by atoms with Crippen LogP contribution in [0.25, 0.3) is 0 Å². The molecule has 1 aromatic heterocycles. The highest BCUT2D eigenvalue weighted by atomic mass is 15.3. The van der Waals surface area contributed by atoms with Crippen molar-refractivity contribution in [2.24, 2.45) is 4.99 Å². The van der Waals surface area contributed by atoms with Gasteiger partial charge in [0.15, 0.2) is 5.96 Å². The number of hydrogen-bond donors (Lipinski definition) is 1. The predicted octanol–water partition coefficient (Wildman–Crippen LogP) is 3.89. The van der Waals surface area contributed by atoms with Gasteiger partial charge in [-0.25, -0.2) is 9.98 Å². The molecule has 1 saturated heterocycles. The summed E-state index contributed by atoms with van der Waals surface area (Å²) < 4.78 is 2.08. The largest absolute Gasteiger partial charge is 0.357 e. The zero-order chi connectivity index (χ0) is 19.9. The van der Waals surface area contributed by atoms with E-state index in [9.17, 15) is 0 Å². The molecule has 0 aliphatic carbocycles. The van der Waals surface area contributed by atoms with E-state index < -0.39 is 0 Å². The van der Waals surface area contributed by atoms with Crippen molar-refractivity contribution in [1.82, 2.24) is 19.8 Å². The van der Waals surface area contributed by atoms with Gasteiger partial charge in [0.1, 0.15) is 0 Å². The van der Waals surface area contributed by atoms with Gasteiger partial charge in [-0.2, -0.15) is 0 Å². The third-order valence-electron chi connectivity index (χ3n) is 5.42. The van der Waals surface area contributed by atoms with Gasteiger partial charge in [-0.1, -0.05) is 54.6 Å². The summed E-state index contributed by atoms with van der Waals surface area (Å²) in [7, 11) is 0. The molecule has 4 rings (SSSR count). The van der Waals surface area contributed by atoms with E-state index in [1.165, 1.54) is 23.1 Å². The van der Waals surface area contributed by atoms with Gasteiger partial charge in [-0.05, 0) is 30.0 Å². The first kappa shape index (κ1) is 19.2. The van der Waals surface area contributed by atoms with Crippen molar-refractivity contribution in [2.45, 2.75) is 32.4 Å². The van der Waals surface area contributed by atoms with E-state index in [1.54, 1.807) is 0 Å². The molecule has 2 heterocycles. The third-order valence-corrected chi connectivity index (χ3v) is 5.42. The minimum atomic E-state index is 0.582. The van der Waals surface area contributed by atoms with E-state index in [-0.39, 0.29) is 0 Å². The summed E-state index contributed by atoms with van der Waals surface area (Å²) in [6, 6.07) is 19.5. The van der Waals surface area contributed by atoms with Crippen molar-refractivity contribution in [1.29, 1.82) is 0 Å². The minimum Gasteiger partial charge on any atom is -0.357 e. The minimum absolute atomic E-state index is 0.582. The first-order valence-electron chi connectivity index (χ1n) is 10.4. The van der Waals surface area contributed by atoms with Crippen LogP contribution in [0.3, 0.4) is 0 Å². The molecule has 5 heteroatoms. The van der Waals surface area contributed by atoms with Crippen molar-refractivity contribution in [3.8, 4) is 0 Å². The lowest BCUT2D eigenvalue weighted by molar-refractivity contribution is 0.486. The van der Waals surface area contributed by atoms with Crippen LogP contribution in [0.4, 0.5) is 0 Å². The fourth-order valence-electron chi connectivity index (χ4n) is 3.96. The van der Waals surface area contributed by atoms with Crippen molar-refractivity contribution < 1.29 is 0 Å². The van der Waals surface area contributed by atoms with Crippen LogP contribution in [0.5, 0.6) is 0 Å². The highest BCUT2D eigenvalue weighted by molar-refractivity contribution is 5.80. The van der Waals surface area contributed by atoms with Crippen molar-refractivity contribution in [2.75, 3.05) is 19.6 Å². The molecule has 0 saturated carbocycles. The molecule has 1 aliphatic rings. The lowest BCUT2D eigenvalue weighted by atomic mass is 9.99. The Morgan fingerprint density at radius 2 is 2.00 bits per heavy atom. The third kappa shape index (κ3) is 5.05. The van der Waals surface area contributed by atoms with Crippen LogP contribution in [-0.4, -0.2) is 40.0 Å². The monoisotopic (exact) mass is 387 g/mol. The van der Waals surface area contributed by atoms with E-state index >= 15 is 0 Å². The average molecular weight is 388 g/mol. The Balaban J connectivity index is 1.42. The number of benzene rings is 2. The molecule has 150 valence electrons. The van der Waals surface area contributed by atoms with Gasteiger partial charge in [-0.15, -0.1) is 0 Å². The number of likely N-dealkylation sites (tertiary alicyclic amines) is 1. The summed E-state index contributed by atoms with van der Waals surface area (Å²) in [6.45, 7) is 6.61. The van der Waals surface area contributed by atoms with Crippen LogP contribution < -0.4 is 5.32 Å². The molecule has 29 heavy (non-hydrogen) atoms. The summed E-state index contributed by atoms with van der Waals surface area (Å²) in [5.41, 5.74) is 3.93. The molecule has 1 unspecified atom stereocenters. The second-order valence-electron chi connectivity index (χ2n) is 7.57. The Labute approximate surface area is 173 Å². The predicted molar refractivity (Wildman–Crippen MR) is 118 cm³/mol. The number of aliphatic imine (C=N–C) groups is 1. The zero-order valence-electron chi connectivity index (χ0n) is 17.0. The van der Waals surface area contributed by atoms with Crippen LogP contribution >= 0.6 is 0 Å². The summed E-state index contributed by atoms with van der Waals surface area (Å²) >= 11 is 0. The molecule has 1 fully saturated rings. The molecule has 2 aromatic carbocycles. The van der Waals surface area contributed by atoms with Crippen LogP contribution in [0, 0.1) is 0 Å². The number of hydrogen-bond acceptors (Lipinski definition) is 2. The molecule has 5 nitrogen and oxygen atoms in total. The van der Waals surface area contributed by atoms with Crippen LogP contribution in [0.2, 0.25) is 0 Å². The van der Waals surface area contributed by atoms with Crippen LogP contribution in [-0.2, 0) is 13.1 Å². The topological polar surface area (TPSA) is 45.5 Å². The van der Waals surface area contributed by atoms with Crippen molar-refractivity contribution >= 4 is 5.96 Å². The maximum Gasteiger partial charge on any atom is 0.194 e. The molecule has 1 N–H and O–H groups in total. The Hall–Kier alpha value is -3.08. The molecule has 1 aliphatic heterocycles. The number of nitrogens with zero attached hydrogens (tertiary/aromatic N) is 4. The summed E-state index contributed by atoms with van der Waals surface area (Å²) in [5, 5.41) is 3.48. The highest BCUT2D eigenvalue weighted by Crippen LogP contribution is 2.27. The van der Waals surface area contributed by atoms with Crippen LogP contribution in [0.1, 0.15) is 36.0 Å². The van der Waals surface area contributed by atoms with E-state index in [4.69, 9.17) is 4.99 Å². The SMILES string of the molecule is CCNC(=NCc1cccc(Cn2ccnc2)c1)N1CCC(c2ccccc2)C1. The zero-order valence-corrected chi connectivity index (χ0v) is 17.0. The molecule has 0 radical (unpaired) electrons. The molecule has 1 atom stereocenters. The van der Waals surface area contributed by atoms with E-state index in [0.717, 1.165) is 32.1 Å². The molecular formula is C24H29N5. The number of aromatic nitrogens is 2. The standard InChI is InChI=1S/C24H29N5/c1-2-26-24(29-13-11-23(18-29)22-9-4-3-5-10-22)27-16-20-7-6-8-21(15-20)17-28-14-12-25-19-28/h3-10,12,14-15,19,23H,2,11,13,16-18H2,1H3,(H,26,27). The molecule has 3 aromatic rings. The number of nitrogens with one attached hydrogen (secondary N) is 1. The Kier molecular flexibility index (Phi) is 6.25. The van der Waals surface area contributed by atoms with Gasteiger partial charge in [-0.3, -0.25) is 0 Å². The van der Waals surface area contributed by atoms with Gasteiger partial charge >= 0.3 is 0 Å². The highest BCUT2D eigenvalue weighted by Gasteiger charge is 2.25. The summed E-state index contributed by atoms with van der Waals surface area (Å²) in [4.78, 5) is 11.5. The van der Waals surface area contributed by atoms with Gasteiger partial charge in [0.05, 0.1) is 12.9 Å². The first-order valence-corrected chi connectivity index (χ1v) is 10.4. The molecule has 0 amide bonds. The number of rotatable bonds is 6. The fourth-order valence-corrected chi connectivity index (χ4v) is 3.96. The number of guanidine groups is 1. The summed E-state index contributed by atoms with van der Waals surface area (Å²) in [5.74, 6) is 1.60. The van der Waals surface area contributed by atoms with Crippen molar-refractivity contribution in [3.05, 3.63) is 90.0 Å². The summed E-state index contributed by atoms with van der Waals surface area (Å²) in [6.07, 6.45) is 6.83. The van der Waals surface area contributed by atoms with Gasteiger partial charge in [0.2, 0.25) is 0 Å². The Morgan fingerprint density at radius 3 is 2.79 bits per heavy atom. The van der Waals surface area contributed by atoms with Gasteiger partial charge < -0.3 is 14.8 Å². The lowest BCUT2D eigenvalue weighted by Gasteiger charge is -2.22. The molecule has 0 bridgehead atoms. The maximum atomic E-state index is 4.94. The number of imidazole rings is 1. The van der Waals surface area contributed by atoms with E-state index in [0.29, 0.717) is 12.5 Å². The van der Waals surface area contributed by atoms with Gasteiger partial charge in [0.25, 0.3) is 0 Å². The average Bonchev–Trinajstić information content (AvgIpc) is 3.44. The van der Waals surface area contributed by atoms with Crippen LogP contribution in [0.15, 0.2) is 78.3 Å². The lowest BCUT2D eigenvalue weighted by Crippen LogP contribution is -2.40. The Bertz CT molecular complexity index is 917. The maximum absolute atomic E-state index is 4.94. The normalized spacial score (nSPS) is 16.9. The van der Waals surface area contributed by atoms with E-state index in [1.807, 2.05) is 18.7 Å². The second kappa shape index (κ2) is 9.41. The quantitative estimate of drug-likeness (QED) is 0.516. The second-order valence-corrected chi connectivity index (χ2v) is 7.57. The van der Waals surface area contributed by atoms with E-state index in [2.05, 4.69) is 81.3 Å².